The highest BCUT2D eigenvalue weighted by atomic mass is 127. The van der Waals surface area contributed by atoms with Gasteiger partial charge in [-0.2, -0.15) is 0 Å². The third kappa shape index (κ3) is 8.19. The number of hydrogen-bond donors (Lipinski definition) is 3. The predicted molar refractivity (Wildman–Crippen MR) is 145 cm³/mol. The third-order valence-corrected chi connectivity index (χ3v) is 5.67. The fraction of sp³-hybridized carbons (Fsp3) is 0.440. The van der Waals surface area contributed by atoms with Gasteiger partial charge in [-0.15, -0.1) is 24.0 Å². The molecule has 0 radical (unpaired) electrons. The number of rotatable bonds is 8. The second kappa shape index (κ2) is 13.4. The number of nitrogens with zero attached hydrogens (tertiary/aromatic N) is 3. The fourth-order valence-electron chi connectivity index (χ4n) is 3.76. The van der Waals surface area contributed by atoms with Gasteiger partial charge in [0, 0.05) is 51.4 Å². The van der Waals surface area contributed by atoms with Crippen molar-refractivity contribution in [3.05, 3.63) is 66.2 Å². The highest BCUT2D eigenvalue weighted by molar-refractivity contribution is 14.0. The van der Waals surface area contributed by atoms with E-state index in [9.17, 15) is 9.90 Å². The number of guanidine groups is 1. The summed E-state index contributed by atoms with van der Waals surface area (Å²) in [5, 5.41) is 17.2. The first kappa shape index (κ1) is 26.9. The van der Waals surface area contributed by atoms with Crippen LogP contribution >= 0.6 is 24.0 Å². The topological polar surface area (TPSA) is 80.2 Å². The highest BCUT2D eigenvalue weighted by Gasteiger charge is 2.23. The van der Waals surface area contributed by atoms with Gasteiger partial charge in [-0.05, 0) is 31.5 Å². The van der Waals surface area contributed by atoms with Crippen molar-refractivity contribution in [2.75, 3.05) is 50.7 Å². The summed E-state index contributed by atoms with van der Waals surface area (Å²) in [5.41, 5.74) is 0.973. The summed E-state index contributed by atoms with van der Waals surface area (Å²) < 4.78 is 0. The Morgan fingerprint density at radius 2 is 1.61 bits per heavy atom. The minimum absolute atomic E-state index is 0. The van der Waals surface area contributed by atoms with E-state index in [-0.39, 0.29) is 36.4 Å². The lowest BCUT2D eigenvalue weighted by molar-refractivity contribution is -0.131. The van der Waals surface area contributed by atoms with Crippen molar-refractivity contribution in [2.45, 2.75) is 25.9 Å². The Hall–Kier alpha value is -2.33. The fourth-order valence-corrected chi connectivity index (χ4v) is 3.76. The zero-order valence-electron chi connectivity index (χ0n) is 19.5. The maximum atomic E-state index is 12.6. The number of para-hydroxylation sites is 1. The van der Waals surface area contributed by atoms with E-state index < -0.39 is 5.60 Å². The van der Waals surface area contributed by atoms with Gasteiger partial charge in [0.05, 0.1) is 6.54 Å². The zero-order valence-corrected chi connectivity index (χ0v) is 21.9. The van der Waals surface area contributed by atoms with Crippen molar-refractivity contribution in [1.82, 2.24) is 15.5 Å². The van der Waals surface area contributed by atoms with Gasteiger partial charge in [-0.1, -0.05) is 48.5 Å². The number of aliphatic hydroxyl groups is 1. The Morgan fingerprint density at radius 1 is 1.00 bits per heavy atom. The summed E-state index contributed by atoms with van der Waals surface area (Å²) in [5.74, 6) is 0.753. The molecule has 1 heterocycles. The molecule has 0 spiro atoms. The highest BCUT2D eigenvalue weighted by Crippen LogP contribution is 2.20. The molecule has 0 bridgehead atoms. The Balaban J connectivity index is 0.00000385. The molecule has 1 fully saturated rings. The summed E-state index contributed by atoms with van der Waals surface area (Å²) in [4.78, 5) is 21.4. The molecule has 2 aromatic carbocycles. The Bertz CT molecular complexity index is 869. The number of benzene rings is 2. The Kier molecular flexibility index (Phi) is 10.9. The molecule has 3 N–H and O–H groups in total. The number of piperazine rings is 1. The summed E-state index contributed by atoms with van der Waals surface area (Å²) >= 11 is 0. The van der Waals surface area contributed by atoms with Gasteiger partial charge in [0.15, 0.2) is 5.96 Å². The van der Waals surface area contributed by atoms with E-state index in [1.807, 2.05) is 60.4 Å². The number of aliphatic imine (C=N–C) groups is 1. The van der Waals surface area contributed by atoms with Crippen LogP contribution < -0.4 is 15.5 Å². The van der Waals surface area contributed by atoms with Crippen molar-refractivity contribution in [1.29, 1.82) is 0 Å². The summed E-state index contributed by atoms with van der Waals surface area (Å²) in [6.45, 7) is 8.35. The maximum absolute atomic E-state index is 12.6. The second-order valence-electron chi connectivity index (χ2n) is 8.22. The lowest BCUT2D eigenvalue weighted by Crippen LogP contribution is -2.49. The number of halogens is 1. The molecule has 180 valence electrons. The van der Waals surface area contributed by atoms with Crippen LogP contribution in [0.2, 0.25) is 0 Å². The van der Waals surface area contributed by atoms with E-state index in [0.29, 0.717) is 25.5 Å². The van der Waals surface area contributed by atoms with Crippen LogP contribution in [0.25, 0.3) is 0 Å². The van der Waals surface area contributed by atoms with Gasteiger partial charge in [-0.25, -0.2) is 4.99 Å². The number of hydrogen-bond acceptors (Lipinski definition) is 4. The molecule has 0 aromatic heterocycles. The lowest BCUT2D eigenvalue weighted by Gasteiger charge is -2.36. The molecule has 0 saturated carbocycles. The van der Waals surface area contributed by atoms with Crippen LogP contribution in [-0.4, -0.2) is 67.7 Å². The summed E-state index contributed by atoms with van der Waals surface area (Å²) in [6, 6.07) is 19.8. The van der Waals surface area contributed by atoms with E-state index in [4.69, 9.17) is 0 Å². The minimum atomic E-state index is -1.06. The molecule has 8 heteroatoms. The number of carbonyl (C=O) groups excluding carboxylic acids is 1. The average Bonchev–Trinajstić information content (AvgIpc) is 2.83. The van der Waals surface area contributed by atoms with Crippen LogP contribution in [0.3, 0.4) is 0 Å². The molecule has 1 aliphatic rings. The van der Waals surface area contributed by atoms with Gasteiger partial charge in [-0.3, -0.25) is 4.79 Å². The second-order valence-corrected chi connectivity index (χ2v) is 8.22. The maximum Gasteiger partial charge on any atom is 0.224 e. The van der Waals surface area contributed by atoms with E-state index >= 15 is 0 Å². The number of nitrogens with one attached hydrogen (secondary N) is 2. The largest absolute Gasteiger partial charge is 0.384 e. The molecule has 1 unspecified atom stereocenters. The van der Waals surface area contributed by atoms with Crippen LogP contribution in [0.1, 0.15) is 25.8 Å². The molecule has 7 nitrogen and oxygen atoms in total. The van der Waals surface area contributed by atoms with E-state index in [1.165, 1.54) is 5.69 Å². The van der Waals surface area contributed by atoms with Crippen LogP contribution in [0.5, 0.6) is 0 Å². The third-order valence-electron chi connectivity index (χ3n) is 5.67. The van der Waals surface area contributed by atoms with E-state index in [0.717, 1.165) is 31.7 Å². The molecule has 2 aromatic rings. The average molecular weight is 566 g/mol. The monoisotopic (exact) mass is 565 g/mol. The number of anilines is 1. The van der Waals surface area contributed by atoms with Crippen LogP contribution in [-0.2, 0) is 10.4 Å². The van der Waals surface area contributed by atoms with Gasteiger partial charge in [0.2, 0.25) is 5.91 Å². The van der Waals surface area contributed by atoms with Gasteiger partial charge < -0.3 is 25.5 Å². The molecular weight excluding hydrogens is 529 g/mol. The summed E-state index contributed by atoms with van der Waals surface area (Å²) in [7, 11) is 0. The number of carbonyl (C=O) groups is 1. The van der Waals surface area contributed by atoms with E-state index in [2.05, 4.69) is 32.7 Å². The molecule has 1 atom stereocenters. The SMILES string of the molecule is CCNC(=NCC(C)(O)c1ccccc1)NCCC(=O)N1CCN(c2ccccc2)CC1.I. The van der Waals surface area contributed by atoms with Gasteiger partial charge >= 0.3 is 0 Å². The first-order valence-corrected chi connectivity index (χ1v) is 11.4. The lowest BCUT2D eigenvalue weighted by atomic mass is 9.96. The molecule has 3 rings (SSSR count). The molecule has 33 heavy (non-hydrogen) atoms. The van der Waals surface area contributed by atoms with Crippen LogP contribution in [0.4, 0.5) is 5.69 Å². The molecule has 0 aliphatic carbocycles. The normalized spacial score (nSPS) is 15.9. The summed E-state index contributed by atoms with van der Waals surface area (Å²) in [6.07, 6.45) is 0.408. The minimum Gasteiger partial charge on any atom is -0.384 e. The zero-order chi connectivity index (χ0) is 22.8. The van der Waals surface area contributed by atoms with Crippen molar-refractivity contribution in [3.63, 3.8) is 0 Å². The molecule has 1 amide bonds. The van der Waals surface area contributed by atoms with Crippen LogP contribution in [0, 0.1) is 0 Å². The van der Waals surface area contributed by atoms with Crippen molar-refractivity contribution >= 4 is 41.5 Å². The van der Waals surface area contributed by atoms with Crippen LogP contribution in [0.15, 0.2) is 65.7 Å². The smallest absolute Gasteiger partial charge is 0.224 e. The number of amides is 1. The van der Waals surface area contributed by atoms with Gasteiger partial charge in [0.25, 0.3) is 0 Å². The first-order chi connectivity index (χ1) is 15.5. The Morgan fingerprint density at radius 3 is 2.21 bits per heavy atom. The molecule has 1 saturated heterocycles. The van der Waals surface area contributed by atoms with Gasteiger partial charge in [0.1, 0.15) is 5.60 Å². The van der Waals surface area contributed by atoms with E-state index in [1.54, 1.807) is 6.92 Å². The molecule has 1 aliphatic heterocycles. The standard InChI is InChI=1S/C25H35N5O2.HI/c1-3-26-24(28-20-25(2,32)21-10-6-4-7-11-21)27-15-14-23(31)30-18-16-29(17-19-30)22-12-8-5-9-13-22;/h4-13,32H,3,14-20H2,1-2H3,(H2,26,27,28);1H. The predicted octanol–water partition coefficient (Wildman–Crippen LogP) is 2.81. The van der Waals surface area contributed by atoms with Crippen molar-refractivity contribution < 1.29 is 9.90 Å². The molecular formula is C25H36IN5O2. The van der Waals surface area contributed by atoms with Crippen molar-refractivity contribution in [3.8, 4) is 0 Å². The first-order valence-electron chi connectivity index (χ1n) is 11.4. The van der Waals surface area contributed by atoms with Crippen molar-refractivity contribution in [2.24, 2.45) is 4.99 Å². The Labute approximate surface area is 214 Å². The quantitative estimate of drug-likeness (QED) is 0.261.